The number of carbonyl (C=O) groups excluding carboxylic acids is 1. The summed E-state index contributed by atoms with van der Waals surface area (Å²) in [7, 11) is 0. The molecule has 0 bridgehead atoms. The predicted molar refractivity (Wildman–Crippen MR) is 113 cm³/mol. The highest BCUT2D eigenvalue weighted by Crippen LogP contribution is 2.38. The van der Waals surface area contributed by atoms with Gasteiger partial charge in [-0.3, -0.25) is 4.79 Å². The molecular formula is C22H14F2N2O4S. The van der Waals surface area contributed by atoms with E-state index < -0.39 is 29.4 Å². The molecule has 6 nitrogen and oxygen atoms in total. The third kappa shape index (κ3) is 3.59. The predicted octanol–water partition coefficient (Wildman–Crippen LogP) is 5.21. The fraction of sp³-hybridized carbons (Fsp3) is 0.0455. The minimum absolute atomic E-state index is 0.0648. The van der Waals surface area contributed by atoms with Crippen molar-refractivity contribution in [2.45, 2.75) is 6.92 Å². The number of thiophene rings is 1. The summed E-state index contributed by atoms with van der Waals surface area (Å²) in [5.74, 6) is -4.97. The van der Waals surface area contributed by atoms with Gasteiger partial charge in [0.25, 0.3) is 5.91 Å². The molecule has 0 aliphatic carbocycles. The number of hydrogen-bond donors (Lipinski definition) is 3. The molecule has 31 heavy (non-hydrogen) atoms. The fourth-order valence-electron chi connectivity index (χ4n) is 3.16. The van der Waals surface area contributed by atoms with Gasteiger partial charge in [-0.05, 0) is 24.6 Å². The summed E-state index contributed by atoms with van der Waals surface area (Å²) in [6, 6.07) is 10.9. The van der Waals surface area contributed by atoms with Gasteiger partial charge in [-0.15, -0.1) is 11.3 Å². The zero-order valence-corrected chi connectivity index (χ0v) is 16.8. The molecule has 0 aliphatic rings. The third-order valence-electron chi connectivity index (χ3n) is 4.75. The molecule has 0 unspecified atom stereocenters. The monoisotopic (exact) mass is 440 g/mol. The number of aromatic nitrogens is 1. The van der Waals surface area contributed by atoms with Gasteiger partial charge in [-0.2, -0.15) is 0 Å². The first kappa shape index (κ1) is 20.4. The molecule has 9 heteroatoms. The number of carboxylic acid groups (broad SMARTS) is 1. The van der Waals surface area contributed by atoms with Gasteiger partial charge in [0.1, 0.15) is 16.1 Å². The van der Waals surface area contributed by atoms with E-state index in [9.17, 15) is 28.6 Å². The highest BCUT2D eigenvalue weighted by Gasteiger charge is 2.25. The molecular weight excluding hydrogens is 426 g/mol. The van der Waals surface area contributed by atoms with Crippen LogP contribution in [0.3, 0.4) is 0 Å². The number of aromatic hydroxyl groups is 1. The number of carboxylic acids is 1. The molecule has 1 amide bonds. The van der Waals surface area contributed by atoms with Crippen LogP contribution in [0.2, 0.25) is 0 Å². The molecule has 2 aromatic heterocycles. The number of nitrogens with zero attached hydrogens (tertiary/aromatic N) is 1. The molecule has 0 fully saturated rings. The first-order chi connectivity index (χ1) is 14.8. The van der Waals surface area contributed by atoms with Crippen molar-refractivity contribution in [2.24, 2.45) is 0 Å². The van der Waals surface area contributed by atoms with Gasteiger partial charge >= 0.3 is 5.97 Å². The quantitative estimate of drug-likeness (QED) is 0.405. The molecule has 156 valence electrons. The van der Waals surface area contributed by atoms with Crippen molar-refractivity contribution in [3.63, 3.8) is 0 Å². The first-order valence-corrected chi connectivity index (χ1v) is 9.85. The number of nitrogens with one attached hydrogen (secondary N) is 1. The Labute approximate surface area is 178 Å². The Morgan fingerprint density at radius 2 is 1.81 bits per heavy atom. The minimum Gasteiger partial charge on any atom is -0.493 e. The maximum absolute atomic E-state index is 14.4. The van der Waals surface area contributed by atoms with E-state index in [0.717, 1.165) is 11.3 Å². The van der Waals surface area contributed by atoms with Crippen LogP contribution in [-0.2, 0) is 0 Å². The number of halogens is 2. The van der Waals surface area contributed by atoms with Gasteiger partial charge in [-0.1, -0.05) is 30.3 Å². The Kier molecular flexibility index (Phi) is 5.12. The largest absolute Gasteiger partial charge is 0.493 e. The minimum atomic E-state index is -1.42. The van der Waals surface area contributed by atoms with Crippen molar-refractivity contribution in [3.05, 3.63) is 76.2 Å². The number of benzene rings is 2. The van der Waals surface area contributed by atoms with Gasteiger partial charge < -0.3 is 15.5 Å². The summed E-state index contributed by atoms with van der Waals surface area (Å²) in [5.41, 5.74) is -0.261. The summed E-state index contributed by atoms with van der Waals surface area (Å²) >= 11 is 0.847. The second kappa shape index (κ2) is 7.77. The molecule has 0 atom stereocenters. The molecule has 0 saturated carbocycles. The second-order valence-electron chi connectivity index (χ2n) is 6.72. The Balaban J connectivity index is 1.75. The maximum atomic E-state index is 14.4. The van der Waals surface area contributed by atoms with Crippen molar-refractivity contribution in [1.29, 1.82) is 0 Å². The van der Waals surface area contributed by atoms with E-state index in [0.29, 0.717) is 10.9 Å². The van der Waals surface area contributed by atoms with E-state index in [1.54, 1.807) is 24.3 Å². The average molecular weight is 440 g/mol. The number of carbonyl (C=O) groups is 2. The number of fused-ring (bicyclic) bond motifs is 1. The van der Waals surface area contributed by atoms with Crippen LogP contribution in [0, 0.1) is 18.6 Å². The highest BCUT2D eigenvalue weighted by molar-refractivity contribution is 7.15. The summed E-state index contributed by atoms with van der Waals surface area (Å²) in [6.07, 6.45) is 0. The van der Waals surface area contributed by atoms with Crippen LogP contribution < -0.4 is 5.32 Å². The number of pyridine rings is 1. The second-order valence-corrected chi connectivity index (χ2v) is 7.60. The van der Waals surface area contributed by atoms with Gasteiger partial charge in [0.2, 0.25) is 5.88 Å². The number of hydrogen-bond acceptors (Lipinski definition) is 5. The zero-order valence-electron chi connectivity index (χ0n) is 15.9. The molecule has 4 aromatic rings. The van der Waals surface area contributed by atoms with Crippen LogP contribution in [0.25, 0.3) is 22.0 Å². The van der Waals surface area contributed by atoms with Crippen molar-refractivity contribution < 1.29 is 28.6 Å². The number of anilines is 1. The maximum Gasteiger partial charge on any atom is 0.339 e. The molecule has 4 rings (SSSR count). The molecule has 2 aromatic carbocycles. The van der Waals surface area contributed by atoms with E-state index in [1.165, 1.54) is 30.5 Å². The smallest absolute Gasteiger partial charge is 0.339 e. The zero-order chi connectivity index (χ0) is 22.3. The molecule has 3 N–H and O–H groups in total. The number of rotatable bonds is 4. The summed E-state index contributed by atoms with van der Waals surface area (Å²) in [4.78, 5) is 28.6. The van der Waals surface area contributed by atoms with E-state index in [4.69, 9.17) is 0 Å². The van der Waals surface area contributed by atoms with Gasteiger partial charge in [-0.25, -0.2) is 18.6 Å². The third-order valence-corrected chi connectivity index (χ3v) is 5.64. The fourth-order valence-corrected chi connectivity index (χ4v) is 4.11. The van der Waals surface area contributed by atoms with Crippen molar-refractivity contribution in [1.82, 2.24) is 4.98 Å². The van der Waals surface area contributed by atoms with Gasteiger partial charge in [0.15, 0.2) is 11.6 Å². The van der Waals surface area contributed by atoms with E-state index >= 15 is 0 Å². The molecule has 0 aliphatic heterocycles. The van der Waals surface area contributed by atoms with Crippen LogP contribution in [0.15, 0.2) is 47.8 Å². The normalized spacial score (nSPS) is 10.9. The average Bonchev–Trinajstić information content (AvgIpc) is 3.15. The Bertz CT molecular complexity index is 1370. The van der Waals surface area contributed by atoms with E-state index in [-0.39, 0.29) is 32.8 Å². The number of aryl methyl sites for hydroxylation is 1. The number of amides is 1. The van der Waals surface area contributed by atoms with E-state index in [1.807, 2.05) is 0 Å². The SMILES string of the molecule is Cc1ccc(-c2csc(NC(=O)c3cc4ccccc4nc3O)c2C(=O)O)c(F)c1F. The lowest BCUT2D eigenvalue weighted by atomic mass is 10.0. The lowest BCUT2D eigenvalue weighted by Gasteiger charge is -2.09. The Hall–Kier alpha value is -3.85. The molecule has 2 heterocycles. The molecule has 0 spiro atoms. The highest BCUT2D eigenvalue weighted by atomic mass is 32.1. The van der Waals surface area contributed by atoms with Gasteiger partial charge in [0.05, 0.1) is 5.52 Å². The Morgan fingerprint density at radius 3 is 2.55 bits per heavy atom. The lowest BCUT2D eigenvalue weighted by Crippen LogP contribution is -2.14. The first-order valence-electron chi connectivity index (χ1n) is 8.97. The Morgan fingerprint density at radius 1 is 1.06 bits per heavy atom. The van der Waals surface area contributed by atoms with Crippen LogP contribution in [0.1, 0.15) is 26.3 Å². The molecule has 0 radical (unpaired) electrons. The van der Waals surface area contributed by atoms with Crippen LogP contribution in [-0.4, -0.2) is 27.1 Å². The van der Waals surface area contributed by atoms with Crippen molar-refractivity contribution >= 4 is 39.1 Å². The van der Waals surface area contributed by atoms with Crippen LogP contribution >= 0.6 is 11.3 Å². The standard InChI is InChI=1S/C22H14F2N2O4S/c1-10-6-7-12(18(24)17(10)23)14-9-31-21(16(14)22(29)30)26-20(28)13-8-11-4-2-3-5-15(11)25-19(13)27/h2-9H,1H3,(H,25,27)(H,26,28)(H,29,30). The number of aromatic carboxylic acids is 1. The lowest BCUT2D eigenvalue weighted by molar-refractivity contribution is 0.0699. The molecule has 0 saturated heterocycles. The van der Waals surface area contributed by atoms with Crippen molar-refractivity contribution in [2.75, 3.05) is 5.32 Å². The number of para-hydroxylation sites is 1. The summed E-state index contributed by atoms with van der Waals surface area (Å²) in [6.45, 7) is 1.39. The van der Waals surface area contributed by atoms with Crippen LogP contribution in [0.5, 0.6) is 5.88 Å². The summed E-state index contributed by atoms with van der Waals surface area (Å²) < 4.78 is 28.4. The van der Waals surface area contributed by atoms with E-state index in [2.05, 4.69) is 10.3 Å². The topological polar surface area (TPSA) is 99.5 Å². The van der Waals surface area contributed by atoms with Crippen LogP contribution in [0.4, 0.5) is 13.8 Å². The van der Waals surface area contributed by atoms with Crippen molar-refractivity contribution in [3.8, 4) is 17.0 Å². The van der Waals surface area contributed by atoms with Gasteiger partial charge in [0, 0.05) is 21.9 Å². The summed E-state index contributed by atoms with van der Waals surface area (Å²) in [5, 5.41) is 24.1.